The van der Waals surface area contributed by atoms with Crippen molar-refractivity contribution in [3.05, 3.63) is 39.8 Å². The first kappa shape index (κ1) is 16.3. The summed E-state index contributed by atoms with van der Waals surface area (Å²) in [4.78, 5) is 31.8. The van der Waals surface area contributed by atoms with Crippen molar-refractivity contribution in [2.45, 2.75) is 52.5 Å². The highest BCUT2D eigenvalue weighted by atomic mass is 16.1. The molecule has 132 valence electrons. The Labute approximate surface area is 147 Å². The molecule has 2 aromatic rings. The van der Waals surface area contributed by atoms with Crippen LogP contribution >= 0.6 is 0 Å². The Morgan fingerprint density at radius 1 is 1.32 bits per heavy atom. The molecule has 5 heteroatoms. The molecule has 25 heavy (non-hydrogen) atoms. The van der Waals surface area contributed by atoms with E-state index in [-0.39, 0.29) is 22.1 Å². The second kappa shape index (κ2) is 5.16. The lowest BCUT2D eigenvalue weighted by Gasteiger charge is -2.49. The Hall–Kier alpha value is -2.17. The molecule has 2 atom stereocenters. The summed E-state index contributed by atoms with van der Waals surface area (Å²) in [7, 11) is 0. The SMILES string of the molecule is Cc1cccn2c(=O)c(C=O)c(N3CC4CCC(C)(C)C3(C)C4)nc12. The van der Waals surface area contributed by atoms with Crippen LogP contribution in [0.3, 0.4) is 0 Å². The lowest BCUT2D eigenvalue weighted by atomic mass is 9.63. The zero-order valence-electron chi connectivity index (χ0n) is 15.4. The van der Waals surface area contributed by atoms with Crippen molar-refractivity contribution in [3.8, 4) is 0 Å². The molecule has 2 aliphatic rings. The van der Waals surface area contributed by atoms with E-state index < -0.39 is 0 Å². The lowest BCUT2D eigenvalue weighted by molar-refractivity contribution is 0.111. The number of rotatable bonds is 2. The third kappa shape index (κ3) is 2.11. The number of nitrogens with zero attached hydrogens (tertiary/aromatic N) is 3. The Kier molecular flexibility index (Phi) is 3.37. The normalized spacial score (nSPS) is 27.7. The maximum Gasteiger partial charge on any atom is 0.270 e. The van der Waals surface area contributed by atoms with Crippen molar-refractivity contribution in [3.63, 3.8) is 0 Å². The molecule has 4 rings (SSSR count). The van der Waals surface area contributed by atoms with Gasteiger partial charge in [-0.2, -0.15) is 0 Å². The van der Waals surface area contributed by atoms with Crippen LogP contribution in [0.25, 0.3) is 5.65 Å². The van der Waals surface area contributed by atoms with Crippen LogP contribution in [0.2, 0.25) is 0 Å². The fourth-order valence-electron chi connectivity index (χ4n) is 4.80. The molecular formula is C20H25N3O2. The van der Waals surface area contributed by atoms with Gasteiger partial charge in [-0.25, -0.2) is 4.98 Å². The average molecular weight is 339 g/mol. The second-order valence-electron chi connectivity index (χ2n) is 8.53. The van der Waals surface area contributed by atoms with E-state index in [9.17, 15) is 9.59 Å². The summed E-state index contributed by atoms with van der Waals surface area (Å²) in [5.41, 5.74) is 1.49. The van der Waals surface area contributed by atoms with Gasteiger partial charge in [-0.3, -0.25) is 14.0 Å². The van der Waals surface area contributed by atoms with Crippen molar-refractivity contribution < 1.29 is 4.79 Å². The summed E-state index contributed by atoms with van der Waals surface area (Å²) in [5, 5.41) is 0. The number of aromatic nitrogens is 2. The quantitative estimate of drug-likeness (QED) is 0.788. The molecule has 1 aliphatic carbocycles. The molecule has 2 aromatic heterocycles. The van der Waals surface area contributed by atoms with Crippen molar-refractivity contribution in [1.29, 1.82) is 0 Å². The molecule has 0 spiro atoms. The maximum atomic E-state index is 12.9. The van der Waals surface area contributed by atoms with E-state index in [2.05, 4.69) is 25.7 Å². The highest BCUT2D eigenvalue weighted by Crippen LogP contribution is 2.55. The molecule has 2 bridgehead atoms. The Morgan fingerprint density at radius 3 is 2.80 bits per heavy atom. The highest BCUT2D eigenvalue weighted by molar-refractivity contribution is 5.84. The summed E-state index contributed by atoms with van der Waals surface area (Å²) in [6, 6.07) is 3.76. The first-order valence-electron chi connectivity index (χ1n) is 9.03. The molecule has 0 N–H and O–H groups in total. The van der Waals surface area contributed by atoms with Crippen LogP contribution in [0.5, 0.6) is 0 Å². The number of aldehydes is 1. The smallest absolute Gasteiger partial charge is 0.270 e. The van der Waals surface area contributed by atoms with E-state index in [0.717, 1.165) is 24.9 Å². The zero-order chi connectivity index (χ0) is 18.0. The minimum Gasteiger partial charge on any atom is -0.350 e. The topological polar surface area (TPSA) is 54.7 Å². The van der Waals surface area contributed by atoms with Crippen molar-refractivity contribution in [2.75, 3.05) is 11.4 Å². The van der Waals surface area contributed by atoms with E-state index in [1.807, 2.05) is 19.1 Å². The average Bonchev–Trinajstić information content (AvgIpc) is 2.88. The number of aryl methyl sites for hydroxylation is 1. The number of carbonyl (C=O) groups is 1. The van der Waals surface area contributed by atoms with Gasteiger partial charge in [0.25, 0.3) is 5.56 Å². The number of fused-ring (bicyclic) bond motifs is 3. The molecule has 2 fully saturated rings. The molecule has 2 unspecified atom stereocenters. The van der Waals surface area contributed by atoms with E-state index in [4.69, 9.17) is 4.98 Å². The summed E-state index contributed by atoms with van der Waals surface area (Å²) in [6.07, 6.45) is 5.81. The van der Waals surface area contributed by atoms with Gasteiger partial charge in [0.15, 0.2) is 6.29 Å². The predicted molar refractivity (Wildman–Crippen MR) is 98.5 cm³/mol. The van der Waals surface area contributed by atoms with Crippen molar-refractivity contribution >= 4 is 17.8 Å². The van der Waals surface area contributed by atoms with Crippen LogP contribution < -0.4 is 10.5 Å². The molecule has 5 nitrogen and oxygen atoms in total. The highest BCUT2D eigenvalue weighted by Gasteiger charge is 2.55. The summed E-state index contributed by atoms with van der Waals surface area (Å²) < 4.78 is 1.48. The van der Waals surface area contributed by atoms with E-state index in [1.165, 1.54) is 10.8 Å². The van der Waals surface area contributed by atoms with E-state index in [0.29, 0.717) is 23.7 Å². The minimum atomic E-state index is -0.276. The molecule has 1 aliphatic heterocycles. The van der Waals surface area contributed by atoms with Crippen LogP contribution in [-0.2, 0) is 0 Å². The van der Waals surface area contributed by atoms with Crippen LogP contribution in [0.1, 0.15) is 56.0 Å². The number of hydrogen-bond acceptors (Lipinski definition) is 4. The fraction of sp³-hybridized carbons (Fsp3) is 0.550. The van der Waals surface area contributed by atoms with E-state index in [1.54, 1.807) is 6.20 Å². The van der Waals surface area contributed by atoms with Gasteiger partial charge < -0.3 is 4.90 Å². The molecule has 3 heterocycles. The molecular weight excluding hydrogens is 314 g/mol. The molecule has 0 aromatic carbocycles. The summed E-state index contributed by atoms with van der Waals surface area (Å²) in [5.74, 6) is 1.17. The third-order valence-corrected chi connectivity index (χ3v) is 6.80. The van der Waals surface area contributed by atoms with Gasteiger partial charge in [0.2, 0.25) is 0 Å². The molecule has 0 amide bonds. The van der Waals surface area contributed by atoms with E-state index >= 15 is 0 Å². The molecule has 1 saturated heterocycles. The maximum absolute atomic E-state index is 12.9. The molecule has 1 saturated carbocycles. The van der Waals surface area contributed by atoms with Gasteiger partial charge in [-0.05, 0) is 56.1 Å². The number of pyridine rings is 1. The number of carbonyl (C=O) groups excluding carboxylic acids is 1. The van der Waals surface area contributed by atoms with Crippen LogP contribution in [0.15, 0.2) is 23.1 Å². The molecule has 0 radical (unpaired) electrons. The minimum absolute atomic E-state index is 0.0891. The van der Waals surface area contributed by atoms with Gasteiger partial charge >= 0.3 is 0 Å². The van der Waals surface area contributed by atoms with Gasteiger partial charge in [-0.15, -0.1) is 0 Å². The zero-order valence-corrected chi connectivity index (χ0v) is 15.4. The van der Waals surface area contributed by atoms with Crippen LogP contribution in [0, 0.1) is 18.3 Å². The standard InChI is InChI=1S/C20H25N3O2/c1-13-6-5-9-22-16(13)21-17(15(12-24)18(22)25)23-11-14-7-8-19(2,3)20(23,4)10-14/h5-6,9,12,14H,7-8,10-11H2,1-4H3. The summed E-state index contributed by atoms with van der Waals surface area (Å²) >= 11 is 0. The van der Waals surface area contributed by atoms with Crippen LogP contribution in [-0.4, -0.2) is 27.8 Å². The van der Waals surface area contributed by atoms with Gasteiger partial charge in [0.1, 0.15) is 17.0 Å². The van der Waals surface area contributed by atoms with Crippen LogP contribution in [0.4, 0.5) is 5.82 Å². The van der Waals surface area contributed by atoms with Crippen molar-refractivity contribution in [1.82, 2.24) is 9.38 Å². The lowest BCUT2D eigenvalue weighted by Crippen LogP contribution is -2.53. The Morgan fingerprint density at radius 2 is 2.08 bits per heavy atom. The van der Waals surface area contributed by atoms with Gasteiger partial charge in [-0.1, -0.05) is 19.9 Å². The van der Waals surface area contributed by atoms with Crippen molar-refractivity contribution in [2.24, 2.45) is 11.3 Å². The first-order valence-corrected chi connectivity index (χ1v) is 9.03. The fourth-order valence-corrected chi connectivity index (χ4v) is 4.80. The monoisotopic (exact) mass is 339 g/mol. The van der Waals surface area contributed by atoms with Gasteiger partial charge in [0.05, 0.1) is 0 Å². The number of hydrogen-bond donors (Lipinski definition) is 0. The Bertz CT molecular complexity index is 930. The largest absolute Gasteiger partial charge is 0.350 e. The van der Waals surface area contributed by atoms with Gasteiger partial charge in [0, 0.05) is 18.3 Å². The summed E-state index contributed by atoms with van der Waals surface area (Å²) in [6.45, 7) is 9.67. The predicted octanol–water partition coefficient (Wildman–Crippen LogP) is 3.22. The number of anilines is 1. The third-order valence-electron chi connectivity index (χ3n) is 6.80. The Balaban J connectivity index is 2.00. The second-order valence-corrected chi connectivity index (χ2v) is 8.53. The first-order chi connectivity index (χ1) is 11.8.